The van der Waals surface area contributed by atoms with Crippen LogP contribution in [0.3, 0.4) is 0 Å². The van der Waals surface area contributed by atoms with Gasteiger partial charge in [0.05, 0.1) is 0 Å². The van der Waals surface area contributed by atoms with E-state index in [1.54, 1.807) is 18.4 Å². The Morgan fingerprint density at radius 3 is 2.60 bits per heavy atom. The highest BCUT2D eigenvalue weighted by Crippen LogP contribution is 2.20. The molecule has 6 heteroatoms. The third kappa shape index (κ3) is 2.90. The standard InChI is InChI=1S/C9H21N3O2S/c1-10-8-9-6-4-5-7-12(9)15(13,14)11(2)3/h9-10H,4-8H2,1-3H3. The third-order valence-corrected chi connectivity index (χ3v) is 4.77. The first-order valence-corrected chi connectivity index (χ1v) is 6.73. The fourth-order valence-corrected chi connectivity index (χ4v) is 3.26. The van der Waals surface area contributed by atoms with Crippen molar-refractivity contribution in [3.05, 3.63) is 0 Å². The average Bonchev–Trinajstić information content (AvgIpc) is 2.18. The molecule has 0 bridgehead atoms. The number of rotatable bonds is 4. The normalized spacial score (nSPS) is 24.7. The lowest BCUT2D eigenvalue weighted by Gasteiger charge is -2.36. The molecule has 0 radical (unpaired) electrons. The molecule has 1 rings (SSSR count). The van der Waals surface area contributed by atoms with Gasteiger partial charge in [0.1, 0.15) is 0 Å². The minimum absolute atomic E-state index is 0.108. The Balaban J connectivity index is 2.80. The van der Waals surface area contributed by atoms with Gasteiger partial charge in [-0.2, -0.15) is 17.0 Å². The van der Waals surface area contributed by atoms with E-state index in [0.29, 0.717) is 6.54 Å². The summed E-state index contributed by atoms with van der Waals surface area (Å²) in [5, 5.41) is 3.05. The first-order valence-electron chi connectivity index (χ1n) is 5.34. The molecule has 90 valence electrons. The molecule has 0 amide bonds. The zero-order valence-electron chi connectivity index (χ0n) is 9.73. The lowest BCUT2D eigenvalue weighted by molar-refractivity contribution is 0.237. The number of hydrogen-bond donors (Lipinski definition) is 1. The van der Waals surface area contributed by atoms with Crippen molar-refractivity contribution in [1.82, 2.24) is 13.9 Å². The van der Waals surface area contributed by atoms with Gasteiger partial charge >= 0.3 is 0 Å². The summed E-state index contributed by atoms with van der Waals surface area (Å²) in [6.07, 6.45) is 3.03. The van der Waals surface area contributed by atoms with E-state index in [4.69, 9.17) is 0 Å². The molecule has 15 heavy (non-hydrogen) atoms. The second-order valence-electron chi connectivity index (χ2n) is 4.11. The molecule has 1 aliphatic rings. The Hall–Kier alpha value is -0.170. The quantitative estimate of drug-likeness (QED) is 0.738. The van der Waals surface area contributed by atoms with Crippen LogP contribution in [0.4, 0.5) is 0 Å². The predicted octanol–water partition coefficient (Wildman–Crippen LogP) is -0.133. The van der Waals surface area contributed by atoms with Crippen LogP contribution in [0, 0.1) is 0 Å². The van der Waals surface area contributed by atoms with E-state index < -0.39 is 10.2 Å². The van der Waals surface area contributed by atoms with Crippen LogP contribution in [0.15, 0.2) is 0 Å². The lowest BCUT2D eigenvalue weighted by Crippen LogP contribution is -2.51. The van der Waals surface area contributed by atoms with Crippen molar-refractivity contribution in [3.63, 3.8) is 0 Å². The van der Waals surface area contributed by atoms with Crippen molar-refractivity contribution >= 4 is 10.2 Å². The van der Waals surface area contributed by atoms with Gasteiger partial charge in [0.25, 0.3) is 10.2 Å². The van der Waals surface area contributed by atoms with Crippen LogP contribution in [0.1, 0.15) is 19.3 Å². The van der Waals surface area contributed by atoms with Crippen LogP contribution in [-0.4, -0.2) is 57.3 Å². The van der Waals surface area contributed by atoms with Crippen molar-refractivity contribution in [2.75, 3.05) is 34.2 Å². The first-order chi connectivity index (χ1) is 7.00. The zero-order chi connectivity index (χ0) is 11.5. The molecule has 0 spiro atoms. The van der Waals surface area contributed by atoms with Crippen molar-refractivity contribution < 1.29 is 8.42 Å². The summed E-state index contributed by atoms with van der Waals surface area (Å²) in [5.74, 6) is 0. The molecule has 0 aliphatic carbocycles. The van der Waals surface area contributed by atoms with Crippen molar-refractivity contribution in [1.29, 1.82) is 0 Å². The maximum absolute atomic E-state index is 12.0. The Kier molecular flexibility index (Phi) is 4.51. The maximum atomic E-state index is 12.0. The largest absolute Gasteiger partial charge is 0.318 e. The molecule has 1 N–H and O–H groups in total. The monoisotopic (exact) mass is 235 g/mol. The smallest absolute Gasteiger partial charge is 0.281 e. The Morgan fingerprint density at radius 2 is 2.07 bits per heavy atom. The fraction of sp³-hybridized carbons (Fsp3) is 1.00. The molecule has 1 atom stereocenters. The van der Waals surface area contributed by atoms with E-state index >= 15 is 0 Å². The molecule has 1 fully saturated rings. The van der Waals surface area contributed by atoms with E-state index in [1.807, 2.05) is 7.05 Å². The van der Waals surface area contributed by atoms with Gasteiger partial charge in [-0.15, -0.1) is 0 Å². The summed E-state index contributed by atoms with van der Waals surface area (Å²) in [7, 11) is 1.78. The van der Waals surface area contributed by atoms with E-state index in [-0.39, 0.29) is 6.04 Å². The fourth-order valence-electron chi connectivity index (χ4n) is 1.93. The lowest BCUT2D eigenvalue weighted by atomic mass is 10.1. The summed E-state index contributed by atoms with van der Waals surface area (Å²) in [6.45, 7) is 1.37. The number of piperidine rings is 1. The highest BCUT2D eigenvalue weighted by molar-refractivity contribution is 7.86. The second-order valence-corrected chi connectivity index (χ2v) is 6.20. The molecule has 5 nitrogen and oxygen atoms in total. The topological polar surface area (TPSA) is 52.7 Å². The molecule has 1 unspecified atom stereocenters. The predicted molar refractivity (Wildman–Crippen MR) is 60.9 cm³/mol. The van der Waals surface area contributed by atoms with E-state index in [9.17, 15) is 8.42 Å². The van der Waals surface area contributed by atoms with Crippen LogP contribution < -0.4 is 5.32 Å². The number of likely N-dealkylation sites (N-methyl/N-ethyl adjacent to an activating group) is 1. The summed E-state index contributed by atoms with van der Waals surface area (Å²) in [6, 6.07) is 0.108. The summed E-state index contributed by atoms with van der Waals surface area (Å²) >= 11 is 0. The van der Waals surface area contributed by atoms with Crippen molar-refractivity contribution in [3.8, 4) is 0 Å². The second kappa shape index (κ2) is 5.25. The highest BCUT2D eigenvalue weighted by Gasteiger charge is 2.32. The van der Waals surface area contributed by atoms with Gasteiger partial charge in [0.15, 0.2) is 0 Å². The molecule has 1 heterocycles. The average molecular weight is 235 g/mol. The van der Waals surface area contributed by atoms with Gasteiger partial charge in [0.2, 0.25) is 0 Å². The third-order valence-electron chi connectivity index (χ3n) is 2.77. The number of nitrogens with one attached hydrogen (secondary N) is 1. The molecule has 0 aromatic carbocycles. The van der Waals surface area contributed by atoms with Gasteiger partial charge in [0, 0.05) is 33.2 Å². The van der Waals surface area contributed by atoms with Crippen molar-refractivity contribution in [2.45, 2.75) is 25.3 Å². The van der Waals surface area contributed by atoms with Crippen molar-refractivity contribution in [2.24, 2.45) is 0 Å². The van der Waals surface area contributed by atoms with E-state index in [0.717, 1.165) is 25.8 Å². The van der Waals surface area contributed by atoms with Crippen LogP contribution in [0.2, 0.25) is 0 Å². The highest BCUT2D eigenvalue weighted by atomic mass is 32.2. The number of nitrogens with zero attached hydrogens (tertiary/aromatic N) is 2. The van der Waals surface area contributed by atoms with E-state index in [2.05, 4.69) is 5.32 Å². The molecule has 0 saturated carbocycles. The molecule has 1 saturated heterocycles. The minimum Gasteiger partial charge on any atom is -0.318 e. The van der Waals surface area contributed by atoms with Gasteiger partial charge in [-0.05, 0) is 19.9 Å². The van der Waals surface area contributed by atoms with Gasteiger partial charge < -0.3 is 5.32 Å². The minimum atomic E-state index is -3.24. The van der Waals surface area contributed by atoms with Gasteiger partial charge in [-0.3, -0.25) is 0 Å². The van der Waals surface area contributed by atoms with Gasteiger partial charge in [-0.25, -0.2) is 0 Å². The number of hydrogen-bond acceptors (Lipinski definition) is 3. The molecule has 1 aliphatic heterocycles. The molecular weight excluding hydrogens is 214 g/mol. The van der Waals surface area contributed by atoms with Crippen LogP contribution >= 0.6 is 0 Å². The zero-order valence-corrected chi connectivity index (χ0v) is 10.5. The van der Waals surface area contributed by atoms with Crippen LogP contribution in [0.5, 0.6) is 0 Å². The summed E-state index contributed by atoms with van der Waals surface area (Å²) in [5.41, 5.74) is 0. The van der Waals surface area contributed by atoms with Crippen LogP contribution in [-0.2, 0) is 10.2 Å². The van der Waals surface area contributed by atoms with Crippen LogP contribution in [0.25, 0.3) is 0 Å². The Bertz CT molecular complexity index is 288. The Morgan fingerprint density at radius 1 is 1.40 bits per heavy atom. The van der Waals surface area contributed by atoms with Gasteiger partial charge in [-0.1, -0.05) is 6.42 Å². The first kappa shape index (κ1) is 12.9. The molecule has 0 aromatic heterocycles. The SMILES string of the molecule is CNCC1CCCCN1S(=O)(=O)N(C)C. The van der Waals surface area contributed by atoms with E-state index in [1.165, 1.54) is 4.31 Å². The Labute approximate surface area is 92.6 Å². The summed E-state index contributed by atoms with van der Waals surface area (Å²) in [4.78, 5) is 0. The summed E-state index contributed by atoms with van der Waals surface area (Å²) < 4.78 is 26.9. The molecular formula is C9H21N3O2S. The molecule has 0 aromatic rings. The maximum Gasteiger partial charge on any atom is 0.281 e.